The highest BCUT2D eigenvalue weighted by molar-refractivity contribution is 5.88. The normalized spacial score (nSPS) is 10.6. The zero-order valence-electron chi connectivity index (χ0n) is 15.5. The molecule has 2 aromatic heterocycles. The second kappa shape index (κ2) is 7.86. The van der Waals surface area contributed by atoms with Gasteiger partial charge in [-0.25, -0.2) is 9.78 Å². The van der Waals surface area contributed by atoms with Gasteiger partial charge in [0.15, 0.2) is 0 Å². The van der Waals surface area contributed by atoms with Crippen molar-refractivity contribution < 1.29 is 4.79 Å². The monoisotopic (exact) mass is 366 g/mol. The smallest absolute Gasteiger partial charge is 0.320 e. The van der Waals surface area contributed by atoms with E-state index < -0.39 is 0 Å². The second-order valence-electron chi connectivity index (χ2n) is 6.30. The third-order valence-electron chi connectivity index (χ3n) is 4.20. The van der Waals surface area contributed by atoms with Crippen molar-refractivity contribution in [2.75, 3.05) is 11.9 Å². The van der Waals surface area contributed by atoms with Crippen molar-refractivity contribution in [1.82, 2.24) is 25.1 Å². The minimum Gasteiger partial charge on any atom is -0.337 e. The molecular formula is C19H22N6O2. The molecular weight excluding hydrogens is 344 g/mol. The predicted molar refractivity (Wildman–Crippen MR) is 103 cm³/mol. The Hall–Kier alpha value is -3.42. The van der Waals surface area contributed by atoms with Crippen LogP contribution in [0.15, 0.2) is 41.2 Å². The van der Waals surface area contributed by atoms with Gasteiger partial charge < -0.3 is 5.32 Å². The van der Waals surface area contributed by atoms with Crippen LogP contribution in [0, 0.1) is 20.8 Å². The maximum absolute atomic E-state index is 12.2. The summed E-state index contributed by atoms with van der Waals surface area (Å²) in [6, 6.07) is 11.3. The molecule has 3 aromatic rings. The highest BCUT2D eigenvalue weighted by Crippen LogP contribution is 2.14. The average molecular weight is 366 g/mol. The first-order valence-corrected chi connectivity index (χ1v) is 8.67. The van der Waals surface area contributed by atoms with E-state index >= 15 is 0 Å². The Bertz CT molecular complexity index is 1010. The molecule has 0 aliphatic rings. The fraction of sp³-hybridized carbons (Fsp3) is 0.263. The molecule has 0 saturated carbocycles. The number of hydrogen-bond acceptors (Lipinski definition) is 4. The topological polar surface area (TPSA) is 105 Å². The van der Waals surface area contributed by atoms with Crippen LogP contribution in [0.4, 0.5) is 10.6 Å². The lowest BCUT2D eigenvalue weighted by molar-refractivity contribution is 0.252. The van der Waals surface area contributed by atoms with Gasteiger partial charge >= 0.3 is 6.03 Å². The molecule has 0 saturated heterocycles. The number of nitrogens with one attached hydrogen (secondary N) is 3. The van der Waals surface area contributed by atoms with Crippen LogP contribution >= 0.6 is 0 Å². The number of H-pyrrole nitrogens is 1. The summed E-state index contributed by atoms with van der Waals surface area (Å²) >= 11 is 0. The van der Waals surface area contributed by atoms with Gasteiger partial charge in [-0.1, -0.05) is 30.3 Å². The van der Waals surface area contributed by atoms with Crippen molar-refractivity contribution in [3.8, 4) is 5.95 Å². The Morgan fingerprint density at radius 1 is 1.19 bits per heavy atom. The van der Waals surface area contributed by atoms with E-state index in [-0.39, 0.29) is 17.5 Å². The molecule has 0 spiro atoms. The predicted octanol–water partition coefficient (Wildman–Crippen LogP) is 2.25. The zero-order chi connectivity index (χ0) is 19.4. The Morgan fingerprint density at radius 2 is 1.93 bits per heavy atom. The van der Waals surface area contributed by atoms with Crippen molar-refractivity contribution in [2.45, 2.75) is 27.2 Å². The van der Waals surface area contributed by atoms with Crippen molar-refractivity contribution in [3.05, 3.63) is 69.3 Å². The Balaban J connectivity index is 1.70. The van der Waals surface area contributed by atoms with Crippen LogP contribution < -0.4 is 16.2 Å². The number of amides is 2. The molecule has 2 amide bonds. The number of aryl methyl sites for hydroxylation is 2. The summed E-state index contributed by atoms with van der Waals surface area (Å²) in [4.78, 5) is 31.3. The summed E-state index contributed by atoms with van der Waals surface area (Å²) in [5.41, 5.74) is 2.77. The second-order valence-corrected chi connectivity index (χ2v) is 6.30. The number of aromatic nitrogens is 4. The van der Waals surface area contributed by atoms with Crippen molar-refractivity contribution in [3.63, 3.8) is 0 Å². The molecule has 0 fully saturated rings. The average Bonchev–Trinajstić information content (AvgIpc) is 3.00. The number of urea groups is 1. The van der Waals surface area contributed by atoms with E-state index in [1.807, 2.05) is 30.3 Å². The molecule has 0 atom stereocenters. The van der Waals surface area contributed by atoms with E-state index in [1.165, 1.54) is 4.68 Å². The molecule has 1 aromatic carbocycles. The lowest BCUT2D eigenvalue weighted by Gasteiger charge is -2.10. The number of carbonyl (C=O) groups excluding carboxylic acids is 1. The molecule has 0 radical (unpaired) electrons. The SMILES string of the molecule is Cc1cc(NC(=O)NCCc2ccccc2)n(-c2nc(C)c(C)c(=O)[nH]2)n1. The Morgan fingerprint density at radius 3 is 2.63 bits per heavy atom. The van der Waals surface area contributed by atoms with E-state index in [9.17, 15) is 9.59 Å². The fourth-order valence-electron chi connectivity index (χ4n) is 2.61. The van der Waals surface area contributed by atoms with Gasteiger partial charge in [0.25, 0.3) is 5.56 Å². The molecule has 27 heavy (non-hydrogen) atoms. The van der Waals surface area contributed by atoms with Crippen LogP contribution in [-0.2, 0) is 6.42 Å². The highest BCUT2D eigenvalue weighted by Gasteiger charge is 2.14. The summed E-state index contributed by atoms with van der Waals surface area (Å²) in [6.45, 7) is 5.77. The zero-order valence-corrected chi connectivity index (χ0v) is 15.5. The molecule has 3 rings (SSSR count). The molecule has 0 bridgehead atoms. The molecule has 140 valence electrons. The first-order chi connectivity index (χ1) is 12.9. The van der Waals surface area contributed by atoms with E-state index in [0.717, 1.165) is 12.0 Å². The molecule has 0 unspecified atom stereocenters. The summed E-state index contributed by atoms with van der Waals surface area (Å²) in [5.74, 6) is 0.687. The van der Waals surface area contributed by atoms with Crippen LogP contribution in [-0.4, -0.2) is 32.3 Å². The third-order valence-corrected chi connectivity index (χ3v) is 4.20. The first kappa shape index (κ1) is 18.4. The van der Waals surface area contributed by atoms with Crippen LogP contribution in [0.25, 0.3) is 5.95 Å². The van der Waals surface area contributed by atoms with Gasteiger partial charge in [-0.2, -0.15) is 9.78 Å². The summed E-state index contributed by atoms with van der Waals surface area (Å²) < 4.78 is 1.42. The molecule has 8 nitrogen and oxygen atoms in total. The number of benzene rings is 1. The number of nitrogens with zero attached hydrogens (tertiary/aromatic N) is 3. The van der Waals surface area contributed by atoms with Gasteiger partial charge in [0, 0.05) is 23.9 Å². The van der Waals surface area contributed by atoms with Crippen LogP contribution in [0.1, 0.15) is 22.5 Å². The van der Waals surface area contributed by atoms with Crippen LogP contribution in [0.2, 0.25) is 0 Å². The number of anilines is 1. The van der Waals surface area contributed by atoms with E-state index in [0.29, 0.717) is 29.3 Å². The maximum atomic E-state index is 12.2. The molecule has 3 N–H and O–H groups in total. The fourth-order valence-corrected chi connectivity index (χ4v) is 2.61. The van der Waals surface area contributed by atoms with Crippen molar-refractivity contribution >= 4 is 11.8 Å². The first-order valence-electron chi connectivity index (χ1n) is 8.67. The van der Waals surface area contributed by atoms with Crippen molar-refractivity contribution in [1.29, 1.82) is 0 Å². The molecule has 8 heteroatoms. The standard InChI is InChI=1S/C19H22N6O2/c1-12-11-16(22-19(27)20-10-9-15-7-5-4-6-8-15)25(24-12)18-21-14(3)13(2)17(26)23-18/h4-8,11H,9-10H2,1-3H3,(H2,20,22,27)(H,21,23,26). The maximum Gasteiger partial charge on any atom is 0.320 e. The Kier molecular flexibility index (Phi) is 5.35. The van der Waals surface area contributed by atoms with E-state index in [4.69, 9.17) is 0 Å². The quantitative estimate of drug-likeness (QED) is 0.644. The van der Waals surface area contributed by atoms with Gasteiger partial charge in [0.05, 0.1) is 5.69 Å². The van der Waals surface area contributed by atoms with Gasteiger partial charge in [-0.05, 0) is 32.8 Å². The highest BCUT2D eigenvalue weighted by atomic mass is 16.2. The minimum atomic E-state index is -0.349. The summed E-state index contributed by atoms with van der Waals surface area (Å²) in [7, 11) is 0. The molecule has 0 aliphatic heterocycles. The minimum absolute atomic E-state index is 0.232. The largest absolute Gasteiger partial charge is 0.337 e. The Labute approximate surface area is 156 Å². The van der Waals surface area contributed by atoms with Crippen molar-refractivity contribution in [2.24, 2.45) is 0 Å². The van der Waals surface area contributed by atoms with Gasteiger partial charge in [-0.15, -0.1) is 0 Å². The number of carbonyl (C=O) groups is 1. The van der Waals surface area contributed by atoms with Gasteiger partial charge in [0.2, 0.25) is 5.95 Å². The number of aromatic amines is 1. The lowest BCUT2D eigenvalue weighted by atomic mass is 10.1. The lowest BCUT2D eigenvalue weighted by Crippen LogP contribution is -2.31. The van der Waals surface area contributed by atoms with Gasteiger partial charge in [0.1, 0.15) is 5.82 Å². The summed E-state index contributed by atoms with van der Waals surface area (Å²) in [6.07, 6.45) is 0.735. The molecule has 0 aliphatic carbocycles. The van der Waals surface area contributed by atoms with E-state index in [1.54, 1.807) is 26.8 Å². The van der Waals surface area contributed by atoms with Crippen LogP contribution in [0.5, 0.6) is 0 Å². The molecule has 2 heterocycles. The van der Waals surface area contributed by atoms with Crippen LogP contribution in [0.3, 0.4) is 0 Å². The van der Waals surface area contributed by atoms with E-state index in [2.05, 4.69) is 25.7 Å². The number of hydrogen-bond donors (Lipinski definition) is 3. The van der Waals surface area contributed by atoms with Gasteiger partial charge in [-0.3, -0.25) is 15.1 Å². The third kappa shape index (κ3) is 4.41. The number of rotatable bonds is 5. The summed E-state index contributed by atoms with van der Waals surface area (Å²) in [5, 5.41) is 9.89.